The van der Waals surface area contributed by atoms with Crippen LogP contribution in [0.5, 0.6) is 17.5 Å². The van der Waals surface area contributed by atoms with Gasteiger partial charge in [0.2, 0.25) is 21.6 Å². The van der Waals surface area contributed by atoms with Gasteiger partial charge in [-0.2, -0.15) is 9.97 Å². The number of aryl methyl sites for hydroxylation is 1. The van der Waals surface area contributed by atoms with Crippen molar-refractivity contribution in [3.63, 3.8) is 0 Å². The number of hydrogen-bond acceptors (Lipinski definition) is 7. The van der Waals surface area contributed by atoms with Crippen molar-refractivity contribution < 1.29 is 23.0 Å². The Balaban J connectivity index is 2.60. The molecule has 0 fully saturated rings. The quantitative estimate of drug-likeness (QED) is 0.851. The average molecular weight is 310 g/mol. The number of methoxy groups -OCH3 is 2. The first kappa shape index (κ1) is 15.0. The number of benzene rings is 1. The van der Waals surface area contributed by atoms with Gasteiger partial charge in [-0.25, -0.2) is 8.42 Å². The number of phenols is 1. The number of aromatic nitrogens is 2. The Morgan fingerprint density at radius 3 is 2.10 bits per heavy atom. The minimum absolute atomic E-state index is 0.0664. The van der Waals surface area contributed by atoms with Crippen LogP contribution >= 0.6 is 0 Å². The van der Waals surface area contributed by atoms with Crippen LogP contribution in [0.4, 0.5) is 0 Å². The van der Waals surface area contributed by atoms with Crippen molar-refractivity contribution in [1.29, 1.82) is 0 Å². The molecule has 0 spiro atoms. The lowest BCUT2D eigenvalue weighted by Crippen LogP contribution is -2.09. The van der Waals surface area contributed by atoms with Crippen LogP contribution in [-0.2, 0) is 9.84 Å². The zero-order valence-electron chi connectivity index (χ0n) is 11.7. The van der Waals surface area contributed by atoms with Gasteiger partial charge in [0.25, 0.3) is 5.16 Å². The average Bonchev–Trinajstić information content (AvgIpc) is 2.49. The van der Waals surface area contributed by atoms with E-state index < -0.39 is 15.0 Å². The summed E-state index contributed by atoms with van der Waals surface area (Å²) in [6.07, 6.45) is 0. The first-order chi connectivity index (χ1) is 9.88. The number of phenolic OH excluding ortho intramolecular Hbond substituents is 1. The molecule has 7 nitrogen and oxygen atoms in total. The van der Waals surface area contributed by atoms with E-state index in [0.717, 1.165) is 6.07 Å². The van der Waals surface area contributed by atoms with E-state index in [4.69, 9.17) is 9.47 Å². The molecular weight excluding hydrogens is 296 g/mol. The van der Waals surface area contributed by atoms with Crippen LogP contribution in [0.3, 0.4) is 0 Å². The molecule has 1 heterocycles. The van der Waals surface area contributed by atoms with Crippen molar-refractivity contribution in [1.82, 2.24) is 9.97 Å². The number of nitrogens with zero attached hydrogens (tertiary/aromatic N) is 2. The monoisotopic (exact) mass is 310 g/mol. The van der Waals surface area contributed by atoms with E-state index in [1.165, 1.54) is 32.4 Å². The molecule has 0 aliphatic rings. The Hall–Kier alpha value is -2.35. The summed E-state index contributed by atoms with van der Waals surface area (Å²) in [7, 11) is -1.27. The molecule has 0 amide bonds. The first-order valence-electron chi connectivity index (χ1n) is 5.90. The fourth-order valence-corrected chi connectivity index (χ4v) is 2.72. The van der Waals surface area contributed by atoms with Crippen molar-refractivity contribution in [3.05, 3.63) is 29.8 Å². The molecule has 0 unspecified atom stereocenters. The van der Waals surface area contributed by atoms with Crippen LogP contribution < -0.4 is 9.47 Å². The van der Waals surface area contributed by atoms with Crippen LogP contribution in [0, 0.1) is 6.92 Å². The Kier molecular flexibility index (Phi) is 3.99. The third-order valence-electron chi connectivity index (χ3n) is 2.81. The Morgan fingerprint density at radius 1 is 1.05 bits per heavy atom. The predicted octanol–water partition coefficient (Wildman–Crippen LogP) is 1.34. The number of hydrogen-bond donors (Lipinski definition) is 1. The summed E-state index contributed by atoms with van der Waals surface area (Å²) in [6.45, 7) is 1.66. The highest BCUT2D eigenvalue weighted by Crippen LogP contribution is 2.26. The molecule has 2 aromatic rings. The highest BCUT2D eigenvalue weighted by Gasteiger charge is 2.24. The number of rotatable bonds is 4. The second-order valence-electron chi connectivity index (χ2n) is 4.19. The third-order valence-corrected chi connectivity index (χ3v) is 4.35. The minimum Gasteiger partial charge on any atom is -0.508 e. The molecule has 8 heteroatoms. The summed E-state index contributed by atoms with van der Waals surface area (Å²) in [5.41, 5.74) is 0.568. The first-order valence-corrected chi connectivity index (χ1v) is 7.38. The van der Waals surface area contributed by atoms with E-state index in [9.17, 15) is 13.5 Å². The smallest absolute Gasteiger partial charge is 0.258 e. The van der Waals surface area contributed by atoms with E-state index in [0.29, 0.717) is 5.56 Å². The van der Waals surface area contributed by atoms with Crippen molar-refractivity contribution in [2.75, 3.05) is 14.2 Å². The molecule has 0 saturated carbocycles. The molecular formula is C13H14N2O5S. The fraction of sp³-hybridized carbons (Fsp3) is 0.231. The standard InChI is InChI=1S/C13H14N2O5S/c1-8-4-5-9(6-10(8)16)21(17,18)13-14-11(19-2)7-12(15-13)20-3/h4-7,16H,1-3H3. The molecule has 2 rings (SSSR count). The van der Waals surface area contributed by atoms with E-state index in [2.05, 4.69) is 9.97 Å². The lowest BCUT2D eigenvalue weighted by Gasteiger charge is -2.08. The SMILES string of the molecule is COc1cc(OC)nc(S(=O)(=O)c2ccc(C)c(O)c2)n1. The molecule has 0 aliphatic carbocycles. The third kappa shape index (κ3) is 2.89. The minimum atomic E-state index is -3.99. The lowest BCUT2D eigenvalue weighted by atomic mass is 10.2. The second kappa shape index (κ2) is 5.57. The summed E-state index contributed by atoms with van der Waals surface area (Å²) in [6, 6.07) is 5.39. The van der Waals surface area contributed by atoms with Gasteiger partial charge in [-0.1, -0.05) is 6.07 Å². The molecule has 21 heavy (non-hydrogen) atoms. The van der Waals surface area contributed by atoms with Crippen LogP contribution in [0.25, 0.3) is 0 Å². The Morgan fingerprint density at radius 2 is 1.62 bits per heavy atom. The van der Waals surface area contributed by atoms with Crippen LogP contribution in [0.2, 0.25) is 0 Å². The molecule has 0 saturated heterocycles. The summed E-state index contributed by atoms with van der Waals surface area (Å²) in [4.78, 5) is 7.52. The van der Waals surface area contributed by atoms with Gasteiger partial charge in [0.05, 0.1) is 25.2 Å². The van der Waals surface area contributed by atoms with Gasteiger partial charge in [-0.05, 0) is 24.6 Å². The zero-order valence-corrected chi connectivity index (χ0v) is 12.5. The van der Waals surface area contributed by atoms with Crippen LogP contribution in [0.15, 0.2) is 34.3 Å². The summed E-state index contributed by atoms with van der Waals surface area (Å²) in [5, 5.41) is 9.20. The molecule has 112 valence electrons. The number of ether oxygens (including phenoxy) is 2. The summed E-state index contributed by atoms with van der Waals surface area (Å²) in [5.74, 6) is 0.0134. The normalized spacial score (nSPS) is 11.2. The number of sulfone groups is 1. The molecule has 1 aromatic carbocycles. The molecule has 0 atom stereocenters. The zero-order chi connectivity index (χ0) is 15.6. The van der Waals surface area contributed by atoms with Crippen molar-refractivity contribution in [2.45, 2.75) is 17.0 Å². The van der Waals surface area contributed by atoms with Gasteiger partial charge in [-0.15, -0.1) is 0 Å². The number of aromatic hydroxyl groups is 1. The summed E-state index contributed by atoms with van der Waals surface area (Å²) >= 11 is 0. The van der Waals surface area contributed by atoms with Crippen molar-refractivity contribution >= 4 is 9.84 Å². The van der Waals surface area contributed by atoms with Gasteiger partial charge < -0.3 is 14.6 Å². The Labute approximate surface area is 122 Å². The molecule has 0 bridgehead atoms. The van der Waals surface area contributed by atoms with E-state index in [1.807, 2.05) is 0 Å². The molecule has 1 N–H and O–H groups in total. The van der Waals surface area contributed by atoms with Gasteiger partial charge >= 0.3 is 0 Å². The second-order valence-corrected chi connectivity index (χ2v) is 6.03. The highest BCUT2D eigenvalue weighted by atomic mass is 32.2. The Bertz CT molecular complexity index is 752. The van der Waals surface area contributed by atoms with Gasteiger partial charge in [0.15, 0.2) is 0 Å². The maximum Gasteiger partial charge on any atom is 0.258 e. The maximum atomic E-state index is 12.5. The van der Waals surface area contributed by atoms with Crippen molar-refractivity contribution in [3.8, 4) is 17.5 Å². The van der Waals surface area contributed by atoms with Crippen LogP contribution in [0.1, 0.15) is 5.56 Å². The summed E-state index contributed by atoms with van der Waals surface area (Å²) < 4.78 is 34.8. The van der Waals surface area contributed by atoms with E-state index in [1.54, 1.807) is 6.92 Å². The maximum absolute atomic E-state index is 12.5. The van der Waals surface area contributed by atoms with E-state index >= 15 is 0 Å². The fourth-order valence-electron chi connectivity index (χ4n) is 1.57. The lowest BCUT2D eigenvalue weighted by molar-refractivity contribution is 0.362. The van der Waals surface area contributed by atoms with Gasteiger partial charge in [-0.3, -0.25) is 0 Å². The topological polar surface area (TPSA) is 98.6 Å². The van der Waals surface area contributed by atoms with Crippen LogP contribution in [-0.4, -0.2) is 37.7 Å². The van der Waals surface area contributed by atoms with Gasteiger partial charge in [0.1, 0.15) is 5.75 Å². The molecule has 0 radical (unpaired) electrons. The highest BCUT2D eigenvalue weighted by molar-refractivity contribution is 7.91. The van der Waals surface area contributed by atoms with Gasteiger partial charge in [0, 0.05) is 0 Å². The largest absolute Gasteiger partial charge is 0.508 e. The molecule has 1 aromatic heterocycles. The van der Waals surface area contributed by atoms with Crippen molar-refractivity contribution in [2.24, 2.45) is 0 Å². The molecule has 0 aliphatic heterocycles. The van der Waals surface area contributed by atoms with E-state index in [-0.39, 0.29) is 22.4 Å². The predicted molar refractivity (Wildman–Crippen MR) is 73.4 cm³/mol.